The summed E-state index contributed by atoms with van der Waals surface area (Å²) in [4.78, 5) is 11.8. The largest absolute Gasteiger partial charge is 0.287 e. The molecular formula is C21H41NNaO4S. The van der Waals surface area contributed by atoms with Gasteiger partial charge < -0.3 is 0 Å². The molecule has 7 heteroatoms. The van der Waals surface area contributed by atoms with E-state index in [4.69, 9.17) is 0 Å². The van der Waals surface area contributed by atoms with Crippen LogP contribution in [0.3, 0.4) is 0 Å². The van der Waals surface area contributed by atoms with Gasteiger partial charge in [0.15, 0.2) is 0 Å². The molecule has 0 unspecified atom stereocenters. The summed E-state index contributed by atoms with van der Waals surface area (Å²) in [6.45, 7) is 3.73. The van der Waals surface area contributed by atoms with Gasteiger partial charge in [-0.05, 0) is 39.0 Å². The number of rotatable bonds is 18. The summed E-state index contributed by atoms with van der Waals surface area (Å²) in [5, 5.41) is 0.841. The van der Waals surface area contributed by atoms with Gasteiger partial charge in [0, 0.05) is 43.0 Å². The fourth-order valence-electron chi connectivity index (χ4n) is 2.77. The minimum absolute atomic E-state index is 0. The average molecular weight is 427 g/mol. The smallest absolute Gasteiger partial charge is 0.273 e. The summed E-state index contributed by atoms with van der Waals surface area (Å²) >= 11 is 0. The van der Waals surface area contributed by atoms with Crippen LogP contribution < -0.4 is 0 Å². The van der Waals surface area contributed by atoms with Gasteiger partial charge in [0.25, 0.3) is 10.1 Å². The van der Waals surface area contributed by atoms with Crippen molar-refractivity contribution in [3.05, 3.63) is 12.2 Å². The third-order valence-corrected chi connectivity index (χ3v) is 5.74. The number of hydrogen-bond acceptors (Lipinski definition) is 4. The summed E-state index contributed by atoms with van der Waals surface area (Å²) in [5.41, 5.74) is 0. The van der Waals surface area contributed by atoms with Gasteiger partial charge in [0.05, 0.1) is 5.75 Å². The van der Waals surface area contributed by atoms with Crippen LogP contribution in [-0.4, -0.2) is 61.7 Å². The van der Waals surface area contributed by atoms with Crippen LogP contribution in [-0.2, 0) is 19.2 Å². The van der Waals surface area contributed by atoms with Gasteiger partial charge in [-0.15, -0.1) is 4.28 Å². The molecule has 0 saturated heterocycles. The maximum Gasteiger partial charge on any atom is 0.287 e. The maximum absolute atomic E-state index is 11.8. The summed E-state index contributed by atoms with van der Waals surface area (Å²) in [7, 11) is -2.27. The summed E-state index contributed by atoms with van der Waals surface area (Å²) < 4.78 is 27.3. The van der Waals surface area contributed by atoms with Crippen LogP contribution in [0.25, 0.3) is 0 Å². The van der Waals surface area contributed by atoms with Crippen LogP contribution in [0.1, 0.15) is 104 Å². The third kappa shape index (κ3) is 19.4. The maximum atomic E-state index is 11.8. The molecular weight excluding hydrogens is 385 g/mol. The Bertz CT molecular complexity index is 495. The van der Waals surface area contributed by atoms with Crippen LogP contribution in [0.15, 0.2) is 12.2 Å². The Kier molecular flexibility index (Phi) is 22.1. The first-order chi connectivity index (χ1) is 12.9. The summed E-state index contributed by atoms with van der Waals surface area (Å²) in [6.07, 6.45) is 20.6. The minimum Gasteiger partial charge on any atom is -0.273 e. The van der Waals surface area contributed by atoms with Crippen molar-refractivity contribution in [3.63, 3.8) is 0 Å². The van der Waals surface area contributed by atoms with Crippen LogP contribution in [0.5, 0.6) is 0 Å². The van der Waals surface area contributed by atoms with Crippen LogP contribution >= 0.6 is 0 Å². The molecule has 0 aromatic heterocycles. The second kappa shape index (κ2) is 20.4. The van der Waals surface area contributed by atoms with E-state index >= 15 is 0 Å². The molecule has 1 amide bonds. The Labute approximate surface area is 196 Å². The number of nitrogens with zero attached hydrogens (tertiary/aromatic N) is 1. The standard InChI is InChI=1S/C21H41NO4S.Na/c1-4-6-7-8-9-10-11-12-13-14-15-16-17-18-19-20-21(23)22(3)26-27(24,25)5-2;/h12-13H,4-11,14-20H2,1-3H3;. The second-order valence-corrected chi connectivity index (χ2v) is 8.99. The van der Waals surface area contributed by atoms with Crippen molar-refractivity contribution in [2.75, 3.05) is 12.8 Å². The SMILES string of the molecule is CCCCCCCCC=CCCCCCCCC(=O)N(C)OS(=O)(=O)CC.[Na]. The number of amides is 1. The number of carbonyl (C=O) groups excluding carboxylic acids is 1. The van der Waals surface area contributed by atoms with Crippen molar-refractivity contribution in [3.8, 4) is 0 Å². The monoisotopic (exact) mass is 426 g/mol. The molecule has 5 nitrogen and oxygen atoms in total. The Hall–Kier alpha value is 0.120. The molecule has 0 N–H and O–H groups in total. The molecule has 0 fully saturated rings. The predicted molar refractivity (Wildman–Crippen MR) is 119 cm³/mol. The molecule has 0 aliphatic carbocycles. The zero-order valence-electron chi connectivity index (χ0n) is 18.7. The van der Waals surface area contributed by atoms with Crippen molar-refractivity contribution in [1.29, 1.82) is 0 Å². The van der Waals surface area contributed by atoms with Crippen molar-refractivity contribution >= 4 is 45.6 Å². The molecule has 0 aromatic carbocycles. The van der Waals surface area contributed by atoms with E-state index in [9.17, 15) is 13.2 Å². The Morgan fingerprint density at radius 1 is 0.821 bits per heavy atom. The molecule has 0 rings (SSSR count). The molecule has 0 heterocycles. The summed E-state index contributed by atoms with van der Waals surface area (Å²) in [6, 6.07) is 0. The van der Waals surface area contributed by atoms with Crippen molar-refractivity contribution in [1.82, 2.24) is 5.06 Å². The topological polar surface area (TPSA) is 63.7 Å². The van der Waals surface area contributed by atoms with Crippen LogP contribution in [0.4, 0.5) is 0 Å². The Balaban J connectivity index is 0. The molecule has 161 valence electrons. The normalized spacial score (nSPS) is 11.5. The second-order valence-electron chi connectivity index (χ2n) is 7.15. The fraction of sp³-hybridized carbons (Fsp3) is 0.857. The fourth-order valence-corrected chi connectivity index (χ4v) is 3.30. The van der Waals surface area contributed by atoms with Crippen LogP contribution in [0, 0.1) is 0 Å². The molecule has 1 radical (unpaired) electrons. The Morgan fingerprint density at radius 2 is 1.29 bits per heavy atom. The van der Waals surface area contributed by atoms with E-state index in [1.165, 1.54) is 71.8 Å². The number of carbonyl (C=O) groups is 1. The van der Waals surface area contributed by atoms with Crippen molar-refractivity contribution in [2.45, 2.75) is 104 Å². The molecule has 0 atom stereocenters. The first-order valence-electron chi connectivity index (χ1n) is 10.8. The van der Waals surface area contributed by atoms with Gasteiger partial charge in [-0.25, -0.2) is 5.06 Å². The van der Waals surface area contributed by atoms with E-state index in [2.05, 4.69) is 23.4 Å². The molecule has 0 aromatic rings. The van der Waals surface area contributed by atoms with E-state index in [1.807, 2.05) is 0 Å². The molecule has 0 bridgehead atoms. The average Bonchev–Trinajstić information content (AvgIpc) is 2.64. The van der Waals surface area contributed by atoms with Gasteiger partial charge in [0.1, 0.15) is 0 Å². The number of unbranched alkanes of at least 4 members (excludes halogenated alkanes) is 11. The van der Waals surface area contributed by atoms with E-state index in [1.54, 1.807) is 0 Å². The van der Waals surface area contributed by atoms with Gasteiger partial charge in [0.2, 0.25) is 5.91 Å². The van der Waals surface area contributed by atoms with Gasteiger partial charge >= 0.3 is 0 Å². The predicted octanol–water partition coefficient (Wildman–Crippen LogP) is 5.38. The van der Waals surface area contributed by atoms with Gasteiger partial charge in [-0.3, -0.25) is 4.79 Å². The quantitative estimate of drug-likeness (QED) is 0.128. The summed E-state index contributed by atoms with van der Waals surface area (Å²) in [5.74, 6) is -0.428. The minimum atomic E-state index is -3.62. The molecule has 0 aliphatic heterocycles. The third-order valence-electron chi connectivity index (χ3n) is 4.58. The van der Waals surface area contributed by atoms with E-state index in [0.717, 1.165) is 30.7 Å². The van der Waals surface area contributed by atoms with Crippen molar-refractivity contribution < 1.29 is 17.5 Å². The van der Waals surface area contributed by atoms with E-state index in [-0.39, 0.29) is 41.2 Å². The van der Waals surface area contributed by atoms with E-state index < -0.39 is 10.1 Å². The molecule has 0 aliphatic rings. The first-order valence-corrected chi connectivity index (χ1v) is 12.3. The first kappa shape index (κ1) is 30.3. The van der Waals surface area contributed by atoms with Gasteiger partial charge in [-0.2, -0.15) is 8.42 Å². The number of allylic oxidation sites excluding steroid dienone is 2. The molecule has 0 saturated carbocycles. The van der Waals surface area contributed by atoms with E-state index in [0.29, 0.717) is 6.42 Å². The Morgan fingerprint density at radius 3 is 1.79 bits per heavy atom. The van der Waals surface area contributed by atoms with Gasteiger partial charge in [-0.1, -0.05) is 70.4 Å². The zero-order chi connectivity index (χ0) is 20.4. The van der Waals surface area contributed by atoms with Crippen LogP contribution in [0.2, 0.25) is 0 Å². The molecule has 28 heavy (non-hydrogen) atoms. The molecule has 0 spiro atoms. The number of hydrogen-bond donors (Lipinski definition) is 0. The zero-order valence-corrected chi connectivity index (χ0v) is 21.6. The van der Waals surface area contributed by atoms with Crippen molar-refractivity contribution in [2.24, 2.45) is 0 Å². The number of hydroxylamine groups is 2.